The highest BCUT2D eigenvalue weighted by atomic mass is 35.5. The molecule has 0 spiro atoms. The summed E-state index contributed by atoms with van der Waals surface area (Å²) in [6.45, 7) is -0.0104. The summed E-state index contributed by atoms with van der Waals surface area (Å²) in [6.07, 6.45) is 0. The number of hydrogen-bond acceptors (Lipinski definition) is 6. The van der Waals surface area contributed by atoms with Crippen molar-refractivity contribution < 1.29 is 19.5 Å². The van der Waals surface area contributed by atoms with Crippen molar-refractivity contribution in [2.45, 2.75) is 12.1 Å². The van der Waals surface area contributed by atoms with Gasteiger partial charge in [0.2, 0.25) is 11.7 Å². The fraction of sp³-hybridized carbons (Fsp3) is 0.227. The van der Waals surface area contributed by atoms with E-state index in [0.29, 0.717) is 27.6 Å². The summed E-state index contributed by atoms with van der Waals surface area (Å²) < 4.78 is 0. The number of carbonyl (C=O) groups is 3. The molecule has 0 saturated carbocycles. The topological polar surface area (TPSA) is 95.5 Å². The molecule has 6 nitrogen and oxygen atoms in total. The molecule has 0 bridgehead atoms. The molecule has 1 heterocycles. The molecule has 0 fully saturated rings. The van der Waals surface area contributed by atoms with Gasteiger partial charge in [0.1, 0.15) is 5.54 Å². The van der Waals surface area contributed by atoms with Crippen molar-refractivity contribution in [3.8, 4) is 0 Å². The highest BCUT2D eigenvalue weighted by molar-refractivity contribution is 8.04. The lowest BCUT2D eigenvalue weighted by atomic mass is 9.80. The average Bonchev–Trinajstić information content (AvgIpc) is 3.13. The summed E-state index contributed by atoms with van der Waals surface area (Å²) in [5.74, 6) is -0.710. The van der Waals surface area contributed by atoms with Gasteiger partial charge in [0.05, 0.1) is 18.1 Å². The summed E-state index contributed by atoms with van der Waals surface area (Å²) in [5, 5.41) is 16.6. The monoisotopic (exact) mass is 478 g/mol. The molecule has 31 heavy (non-hydrogen) atoms. The normalized spacial score (nSPS) is 19.5. The number of halogens is 2. The van der Waals surface area contributed by atoms with Crippen LogP contribution in [0.4, 0.5) is 0 Å². The molecule has 1 amide bonds. The van der Waals surface area contributed by atoms with Gasteiger partial charge in [0.25, 0.3) is 0 Å². The fourth-order valence-corrected chi connectivity index (χ4v) is 5.19. The maximum absolute atomic E-state index is 13.1. The molecule has 0 saturated heterocycles. The van der Waals surface area contributed by atoms with Crippen molar-refractivity contribution in [2.24, 2.45) is 0 Å². The summed E-state index contributed by atoms with van der Waals surface area (Å²) in [6, 6.07) is 13.9. The van der Waals surface area contributed by atoms with E-state index in [1.807, 2.05) is 12.1 Å². The molecule has 2 aromatic rings. The van der Waals surface area contributed by atoms with E-state index in [1.165, 1.54) is 11.8 Å². The number of aliphatic hydroxyl groups excluding tert-OH is 1. The Balaban J connectivity index is 0.00000272. The summed E-state index contributed by atoms with van der Waals surface area (Å²) >= 11 is 7.07. The molecule has 9 heteroatoms. The van der Waals surface area contributed by atoms with Gasteiger partial charge in [-0.3, -0.25) is 14.4 Å². The molecule has 0 aromatic heterocycles. The van der Waals surface area contributed by atoms with E-state index >= 15 is 0 Å². The van der Waals surface area contributed by atoms with Crippen molar-refractivity contribution in [3.05, 3.63) is 80.7 Å². The molecule has 3 N–H and O–H groups in total. The summed E-state index contributed by atoms with van der Waals surface area (Å²) in [4.78, 5) is 38.8. The van der Waals surface area contributed by atoms with Crippen LogP contribution in [0.5, 0.6) is 0 Å². The number of Topliss-reactive ketones (excluding diaryl/α,β-unsaturated/α-hetero) is 2. The zero-order valence-electron chi connectivity index (χ0n) is 16.3. The number of nitrogens with one attached hydrogen (secondary N) is 2. The van der Waals surface area contributed by atoms with Crippen molar-refractivity contribution in [2.75, 3.05) is 18.9 Å². The molecule has 1 aliphatic heterocycles. The Hall–Kier alpha value is -2.16. The van der Waals surface area contributed by atoms with Gasteiger partial charge >= 0.3 is 0 Å². The quantitative estimate of drug-likeness (QED) is 0.590. The fourth-order valence-electron chi connectivity index (χ4n) is 3.69. The lowest BCUT2D eigenvalue weighted by Crippen LogP contribution is -2.57. The van der Waals surface area contributed by atoms with Crippen LogP contribution in [0.1, 0.15) is 26.3 Å². The second-order valence-electron chi connectivity index (χ2n) is 7.22. The van der Waals surface area contributed by atoms with E-state index in [-0.39, 0.29) is 47.8 Å². The summed E-state index contributed by atoms with van der Waals surface area (Å²) in [5.41, 5.74) is 0.536. The smallest absolute Gasteiger partial charge is 0.234 e. The third kappa shape index (κ3) is 4.42. The minimum atomic E-state index is -1.28. The predicted octanol–water partition coefficient (Wildman–Crippen LogP) is 2.78. The van der Waals surface area contributed by atoms with Crippen LogP contribution in [0.2, 0.25) is 5.02 Å². The Morgan fingerprint density at radius 1 is 1.06 bits per heavy atom. The first-order chi connectivity index (χ1) is 14.4. The number of carbonyl (C=O) groups excluding carboxylic acids is 3. The van der Waals surface area contributed by atoms with E-state index in [0.717, 1.165) is 5.56 Å². The molecule has 162 valence electrons. The van der Waals surface area contributed by atoms with E-state index in [9.17, 15) is 19.5 Å². The number of amides is 1. The molecule has 4 rings (SSSR count). The van der Waals surface area contributed by atoms with Gasteiger partial charge < -0.3 is 15.7 Å². The number of aliphatic hydroxyl groups is 1. The van der Waals surface area contributed by atoms with Crippen molar-refractivity contribution >= 4 is 53.2 Å². The molecule has 1 atom stereocenters. The Labute approximate surface area is 194 Å². The minimum absolute atomic E-state index is 0. The maximum atomic E-state index is 13.1. The van der Waals surface area contributed by atoms with Gasteiger partial charge in [-0.05, 0) is 17.7 Å². The second-order valence-corrected chi connectivity index (χ2v) is 8.64. The van der Waals surface area contributed by atoms with Gasteiger partial charge in [0, 0.05) is 34.0 Å². The molecule has 1 unspecified atom stereocenters. The summed E-state index contributed by atoms with van der Waals surface area (Å²) in [7, 11) is 0. The number of rotatable bonds is 6. The third-order valence-electron chi connectivity index (χ3n) is 5.19. The van der Waals surface area contributed by atoms with Crippen LogP contribution in [-0.2, 0) is 11.3 Å². The number of fused-ring (bicyclic) bond motifs is 1. The largest absolute Gasteiger partial charge is 0.394 e. The first-order valence-electron chi connectivity index (χ1n) is 9.38. The molecule has 0 radical (unpaired) electrons. The van der Waals surface area contributed by atoms with Crippen LogP contribution >= 0.6 is 35.8 Å². The minimum Gasteiger partial charge on any atom is -0.394 e. The van der Waals surface area contributed by atoms with Gasteiger partial charge in [0.15, 0.2) is 5.78 Å². The highest BCUT2D eigenvalue weighted by Gasteiger charge is 2.50. The van der Waals surface area contributed by atoms with Crippen LogP contribution < -0.4 is 10.6 Å². The number of benzene rings is 2. The van der Waals surface area contributed by atoms with Crippen LogP contribution in [0.3, 0.4) is 0 Å². The van der Waals surface area contributed by atoms with Crippen LogP contribution in [-0.4, -0.2) is 47.0 Å². The Kier molecular flexibility index (Phi) is 7.24. The SMILES string of the molecule is Cl.O=C(CNCc1ccc(Cl)cc1)NC1(CO)CSC2=C1C(=O)c1ccccc1C2=O. The van der Waals surface area contributed by atoms with E-state index in [2.05, 4.69) is 10.6 Å². The van der Waals surface area contributed by atoms with Crippen molar-refractivity contribution in [1.29, 1.82) is 0 Å². The number of hydrogen-bond donors (Lipinski definition) is 3. The average molecular weight is 479 g/mol. The first-order valence-corrected chi connectivity index (χ1v) is 10.7. The number of thioether (sulfide) groups is 1. The van der Waals surface area contributed by atoms with E-state index < -0.39 is 12.1 Å². The Morgan fingerprint density at radius 2 is 1.71 bits per heavy atom. The van der Waals surface area contributed by atoms with Gasteiger partial charge in [-0.15, -0.1) is 24.2 Å². The van der Waals surface area contributed by atoms with Crippen molar-refractivity contribution in [1.82, 2.24) is 10.6 Å². The standard InChI is InChI=1S/C22H19ClN2O4S.ClH/c23-14-7-5-13(6-8-14)9-24-10-17(27)25-22(11-26)12-30-21-18(22)19(28)15-3-1-2-4-16(15)20(21)29;/h1-8,24,26H,9-12H2,(H,25,27);1H. The van der Waals surface area contributed by atoms with Crippen LogP contribution in [0.25, 0.3) is 0 Å². The third-order valence-corrected chi connectivity index (χ3v) is 6.76. The number of ketones is 2. The highest BCUT2D eigenvalue weighted by Crippen LogP contribution is 2.45. The number of allylic oxidation sites excluding steroid dienone is 1. The first kappa shape index (κ1) is 23.5. The van der Waals surface area contributed by atoms with Gasteiger partial charge in [-0.25, -0.2) is 0 Å². The van der Waals surface area contributed by atoms with E-state index in [4.69, 9.17) is 11.6 Å². The Morgan fingerprint density at radius 3 is 2.35 bits per heavy atom. The molecule has 2 aliphatic rings. The zero-order chi connectivity index (χ0) is 21.3. The molecule has 1 aliphatic carbocycles. The predicted molar refractivity (Wildman–Crippen MR) is 123 cm³/mol. The van der Waals surface area contributed by atoms with E-state index in [1.54, 1.807) is 36.4 Å². The van der Waals surface area contributed by atoms with Gasteiger partial charge in [-0.2, -0.15) is 0 Å². The van der Waals surface area contributed by atoms with Crippen molar-refractivity contribution in [3.63, 3.8) is 0 Å². The zero-order valence-corrected chi connectivity index (χ0v) is 18.7. The molecular weight excluding hydrogens is 459 g/mol. The second kappa shape index (κ2) is 9.54. The lowest BCUT2D eigenvalue weighted by Gasteiger charge is -2.31. The van der Waals surface area contributed by atoms with Crippen LogP contribution in [0.15, 0.2) is 59.0 Å². The molecular formula is C22H20Cl2N2O4S. The Bertz CT molecular complexity index is 1070. The maximum Gasteiger partial charge on any atom is 0.234 e. The molecule has 2 aromatic carbocycles. The lowest BCUT2D eigenvalue weighted by molar-refractivity contribution is -0.122. The van der Waals surface area contributed by atoms with Gasteiger partial charge in [-0.1, -0.05) is 48.0 Å². The van der Waals surface area contributed by atoms with Crippen LogP contribution in [0, 0.1) is 0 Å².